The lowest BCUT2D eigenvalue weighted by molar-refractivity contribution is 0.660. The largest absolute Gasteiger partial charge is 0.456 e. The number of hydrogen-bond donors (Lipinski definition) is 0. The average molecular weight is 669 g/mol. The van der Waals surface area contributed by atoms with Crippen molar-refractivity contribution >= 4 is 21.9 Å². The van der Waals surface area contributed by atoms with E-state index in [2.05, 4.69) is 97.7 Å². The van der Waals surface area contributed by atoms with E-state index in [1.165, 1.54) is 22.3 Å². The number of rotatable bonds is 5. The van der Waals surface area contributed by atoms with Crippen molar-refractivity contribution in [1.82, 2.24) is 19.9 Å². The predicted molar refractivity (Wildman–Crippen MR) is 210 cm³/mol. The third-order valence-corrected chi connectivity index (χ3v) is 10.4. The van der Waals surface area contributed by atoms with Crippen LogP contribution in [0.15, 0.2) is 162 Å². The second-order valence-corrected chi connectivity index (χ2v) is 13.9. The number of pyridine rings is 1. The van der Waals surface area contributed by atoms with Gasteiger partial charge in [-0.25, -0.2) is 15.0 Å². The Morgan fingerprint density at radius 1 is 0.404 bits per heavy atom. The molecule has 9 aromatic rings. The molecule has 5 heteroatoms. The van der Waals surface area contributed by atoms with Crippen LogP contribution in [0.3, 0.4) is 0 Å². The molecule has 0 saturated carbocycles. The fourth-order valence-corrected chi connectivity index (χ4v) is 7.75. The first kappa shape index (κ1) is 30.1. The van der Waals surface area contributed by atoms with Gasteiger partial charge in [0.25, 0.3) is 0 Å². The SMILES string of the molecule is CC1(C)c2ccccc2-c2cc(-c3cc(-c4ccncc4)cc(-c4nc(-c5ccccc5)nc(-c5ccc6c(c5)oc5ccccc56)n4)c3)ccc21. The highest BCUT2D eigenvalue weighted by Gasteiger charge is 2.35. The molecular formula is C47H32N4O. The van der Waals surface area contributed by atoms with E-state index in [-0.39, 0.29) is 5.41 Å². The monoisotopic (exact) mass is 668 g/mol. The second kappa shape index (κ2) is 11.7. The molecule has 0 saturated heterocycles. The van der Waals surface area contributed by atoms with Crippen molar-refractivity contribution in [1.29, 1.82) is 0 Å². The minimum Gasteiger partial charge on any atom is -0.456 e. The molecule has 0 unspecified atom stereocenters. The summed E-state index contributed by atoms with van der Waals surface area (Å²) in [5.41, 5.74) is 13.9. The molecule has 52 heavy (non-hydrogen) atoms. The molecule has 3 heterocycles. The van der Waals surface area contributed by atoms with Crippen LogP contribution in [0.2, 0.25) is 0 Å². The lowest BCUT2D eigenvalue weighted by Crippen LogP contribution is -2.14. The Morgan fingerprint density at radius 3 is 1.85 bits per heavy atom. The molecule has 0 spiro atoms. The minimum atomic E-state index is -0.0605. The van der Waals surface area contributed by atoms with Crippen LogP contribution in [0.4, 0.5) is 0 Å². The van der Waals surface area contributed by atoms with Crippen LogP contribution >= 0.6 is 0 Å². The summed E-state index contributed by atoms with van der Waals surface area (Å²) in [6.45, 7) is 4.63. The molecule has 0 N–H and O–H groups in total. The maximum atomic E-state index is 6.26. The molecule has 0 aliphatic heterocycles. The van der Waals surface area contributed by atoms with Crippen molar-refractivity contribution in [2.75, 3.05) is 0 Å². The van der Waals surface area contributed by atoms with E-state index in [9.17, 15) is 0 Å². The van der Waals surface area contributed by atoms with Gasteiger partial charge in [-0.15, -0.1) is 0 Å². The molecule has 5 nitrogen and oxygen atoms in total. The summed E-state index contributed by atoms with van der Waals surface area (Å²) in [7, 11) is 0. The Balaban J connectivity index is 1.17. The van der Waals surface area contributed by atoms with E-state index in [4.69, 9.17) is 19.4 Å². The number of fused-ring (bicyclic) bond motifs is 6. The molecular weight excluding hydrogens is 637 g/mol. The standard InChI is InChI=1S/C47H32N4O/c1-47(2)40-14-8-6-12-36(40)39-27-31(17-19-41(39)47)34-24-33(29-20-22-48-23-21-29)25-35(26-34)46-50-44(30-10-4-3-5-11-30)49-45(51-46)32-16-18-38-37-13-7-9-15-42(37)52-43(38)28-32/h3-28H,1-2H3. The number of nitrogens with zero attached hydrogens (tertiary/aromatic N) is 4. The zero-order chi connectivity index (χ0) is 34.8. The number of para-hydroxylation sites is 1. The van der Waals surface area contributed by atoms with Gasteiger partial charge < -0.3 is 4.42 Å². The molecule has 246 valence electrons. The van der Waals surface area contributed by atoms with Crippen molar-refractivity contribution < 1.29 is 4.42 Å². The first-order valence-electron chi connectivity index (χ1n) is 17.5. The summed E-state index contributed by atoms with van der Waals surface area (Å²) < 4.78 is 6.26. The van der Waals surface area contributed by atoms with Gasteiger partial charge in [-0.3, -0.25) is 4.98 Å². The van der Waals surface area contributed by atoms with E-state index in [1.807, 2.05) is 79.1 Å². The molecule has 0 atom stereocenters. The van der Waals surface area contributed by atoms with Crippen molar-refractivity contribution in [2.24, 2.45) is 0 Å². The summed E-state index contributed by atoms with van der Waals surface area (Å²) in [4.78, 5) is 19.6. The Hall–Kier alpha value is -6.72. The highest BCUT2D eigenvalue weighted by Crippen LogP contribution is 2.49. The topological polar surface area (TPSA) is 64.7 Å². The van der Waals surface area contributed by atoms with Crippen LogP contribution in [-0.2, 0) is 5.41 Å². The fraction of sp³-hybridized carbons (Fsp3) is 0.0638. The van der Waals surface area contributed by atoms with E-state index in [1.54, 1.807) is 0 Å². The summed E-state index contributed by atoms with van der Waals surface area (Å²) >= 11 is 0. The van der Waals surface area contributed by atoms with E-state index < -0.39 is 0 Å². The van der Waals surface area contributed by atoms with Crippen LogP contribution in [0.25, 0.3) is 89.5 Å². The number of aromatic nitrogens is 4. The normalized spacial score (nSPS) is 13.0. The van der Waals surface area contributed by atoms with Gasteiger partial charge in [0.15, 0.2) is 17.5 Å². The van der Waals surface area contributed by atoms with Gasteiger partial charge >= 0.3 is 0 Å². The van der Waals surface area contributed by atoms with Gasteiger partial charge in [-0.2, -0.15) is 0 Å². The van der Waals surface area contributed by atoms with Gasteiger partial charge in [-0.1, -0.05) is 105 Å². The molecule has 6 aromatic carbocycles. The molecule has 0 fully saturated rings. The van der Waals surface area contributed by atoms with Gasteiger partial charge in [0.05, 0.1) is 0 Å². The van der Waals surface area contributed by atoms with Crippen LogP contribution in [-0.4, -0.2) is 19.9 Å². The van der Waals surface area contributed by atoms with Crippen LogP contribution in [0, 0.1) is 0 Å². The van der Waals surface area contributed by atoms with Crippen molar-refractivity contribution in [3.05, 3.63) is 169 Å². The molecule has 0 radical (unpaired) electrons. The third-order valence-electron chi connectivity index (χ3n) is 10.4. The van der Waals surface area contributed by atoms with Crippen LogP contribution < -0.4 is 0 Å². The summed E-state index contributed by atoms with van der Waals surface area (Å²) in [6, 6.07) is 50.8. The molecule has 0 bridgehead atoms. The van der Waals surface area contributed by atoms with Crippen molar-refractivity contribution in [3.8, 4) is 67.5 Å². The van der Waals surface area contributed by atoms with Crippen LogP contribution in [0.5, 0.6) is 0 Å². The number of benzene rings is 6. The smallest absolute Gasteiger partial charge is 0.164 e. The summed E-state index contributed by atoms with van der Waals surface area (Å²) in [5, 5.41) is 2.15. The van der Waals surface area contributed by atoms with Crippen molar-refractivity contribution in [3.63, 3.8) is 0 Å². The Labute approximate surface area is 301 Å². The van der Waals surface area contributed by atoms with E-state index in [0.717, 1.165) is 60.9 Å². The third kappa shape index (κ3) is 4.93. The second-order valence-electron chi connectivity index (χ2n) is 13.9. The zero-order valence-electron chi connectivity index (χ0n) is 28.7. The van der Waals surface area contributed by atoms with E-state index in [0.29, 0.717) is 17.5 Å². The molecule has 1 aliphatic rings. The van der Waals surface area contributed by atoms with Crippen molar-refractivity contribution in [2.45, 2.75) is 19.3 Å². The quantitative estimate of drug-likeness (QED) is 0.183. The predicted octanol–water partition coefficient (Wildman–Crippen LogP) is 11.8. The zero-order valence-corrected chi connectivity index (χ0v) is 28.7. The molecule has 1 aliphatic carbocycles. The van der Waals surface area contributed by atoms with Gasteiger partial charge in [0, 0.05) is 45.3 Å². The van der Waals surface area contributed by atoms with Gasteiger partial charge in [0.2, 0.25) is 0 Å². The Kier molecular flexibility index (Phi) is 6.77. The number of furan rings is 1. The Morgan fingerprint density at radius 2 is 1.02 bits per heavy atom. The maximum absolute atomic E-state index is 6.26. The molecule has 3 aromatic heterocycles. The average Bonchev–Trinajstić information content (AvgIpc) is 3.69. The minimum absolute atomic E-state index is 0.0605. The molecule has 10 rings (SSSR count). The highest BCUT2D eigenvalue weighted by molar-refractivity contribution is 6.05. The lowest BCUT2D eigenvalue weighted by Gasteiger charge is -2.21. The molecule has 0 amide bonds. The highest BCUT2D eigenvalue weighted by atomic mass is 16.3. The fourth-order valence-electron chi connectivity index (χ4n) is 7.75. The van der Waals surface area contributed by atoms with E-state index >= 15 is 0 Å². The summed E-state index contributed by atoms with van der Waals surface area (Å²) in [5.74, 6) is 1.79. The van der Waals surface area contributed by atoms with Gasteiger partial charge in [-0.05, 0) is 99.1 Å². The Bertz CT molecular complexity index is 2820. The van der Waals surface area contributed by atoms with Gasteiger partial charge in [0.1, 0.15) is 11.2 Å². The van der Waals surface area contributed by atoms with Crippen LogP contribution in [0.1, 0.15) is 25.0 Å². The number of hydrogen-bond acceptors (Lipinski definition) is 5. The maximum Gasteiger partial charge on any atom is 0.164 e. The first-order chi connectivity index (χ1) is 25.5. The lowest BCUT2D eigenvalue weighted by atomic mass is 9.82. The first-order valence-corrected chi connectivity index (χ1v) is 17.5. The summed E-state index contributed by atoms with van der Waals surface area (Å²) in [6.07, 6.45) is 3.66.